The van der Waals surface area contributed by atoms with Crippen LogP contribution in [0.25, 0.3) is 0 Å². The van der Waals surface area contributed by atoms with Gasteiger partial charge < -0.3 is 0 Å². The van der Waals surface area contributed by atoms with Crippen LogP contribution in [-0.2, 0) is 0 Å². The number of thioether (sulfide) groups is 2. The number of rotatable bonds is 2. The summed E-state index contributed by atoms with van der Waals surface area (Å²) >= 11 is 3.83. The van der Waals surface area contributed by atoms with Gasteiger partial charge in [-0.25, -0.2) is 0 Å². The number of benzene rings is 1. The van der Waals surface area contributed by atoms with E-state index in [1.165, 1.54) is 36.0 Å². The Labute approximate surface area is 136 Å². The third-order valence-electron chi connectivity index (χ3n) is 3.97. The predicted octanol–water partition coefficient (Wildman–Crippen LogP) is 5.38. The summed E-state index contributed by atoms with van der Waals surface area (Å²) in [4.78, 5) is 5.68. The lowest BCUT2D eigenvalue weighted by Crippen LogP contribution is -2.41. The molecule has 0 atom stereocenters. The van der Waals surface area contributed by atoms with E-state index in [-0.39, 0.29) is 0 Å². The molecule has 21 heavy (non-hydrogen) atoms. The van der Waals surface area contributed by atoms with Gasteiger partial charge in [0, 0.05) is 9.79 Å². The molecule has 0 saturated carbocycles. The van der Waals surface area contributed by atoms with Crippen LogP contribution in [0.5, 0.6) is 0 Å². The monoisotopic (exact) mass is 310 g/mol. The van der Waals surface area contributed by atoms with Gasteiger partial charge in [-0.3, -0.25) is 0 Å². The van der Waals surface area contributed by atoms with Crippen molar-refractivity contribution in [2.24, 2.45) is 0 Å². The highest BCUT2D eigenvalue weighted by Crippen LogP contribution is 2.44. The largest absolute Gasteiger partial charge is 0.246 e. The molecule has 1 aromatic carbocycles. The first kappa shape index (κ1) is 14.9. The highest BCUT2D eigenvalue weighted by Gasteiger charge is 2.37. The first-order valence-electron chi connectivity index (χ1n) is 7.33. The van der Waals surface area contributed by atoms with Crippen LogP contribution in [0.3, 0.4) is 0 Å². The summed E-state index contributed by atoms with van der Waals surface area (Å²) in [7, 11) is 0. The summed E-state index contributed by atoms with van der Waals surface area (Å²) in [6, 6.07) is 6.72. The highest BCUT2D eigenvalue weighted by molar-refractivity contribution is 8.04. The quantitative estimate of drug-likeness (QED) is 0.673. The molecule has 0 aromatic heterocycles. The molecule has 0 spiro atoms. The summed E-state index contributed by atoms with van der Waals surface area (Å²) in [5.74, 6) is 0. The molecular formula is C18H19BS2. The highest BCUT2D eigenvalue weighted by atomic mass is 32.2. The molecule has 3 rings (SSSR count). The first-order valence-corrected chi connectivity index (χ1v) is 8.96. The van der Waals surface area contributed by atoms with Gasteiger partial charge in [-0.1, -0.05) is 64.8 Å². The van der Waals surface area contributed by atoms with Gasteiger partial charge in [0.1, 0.15) is 0 Å². The average molecular weight is 310 g/mol. The third kappa shape index (κ3) is 2.47. The minimum atomic E-state index is 0.395. The van der Waals surface area contributed by atoms with Crippen molar-refractivity contribution in [3.63, 3.8) is 0 Å². The fourth-order valence-electron chi connectivity index (χ4n) is 3.11. The van der Waals surface area contributed by atoms with Crippen LogP contribution in [0, 0.1) is 0 Å². The van der Waals surface area contributed by atoms with Crippen molar-refractivity contribution in [3.05, 3.63) is 63.3 Å². The molecule has 1 aromatic rings. The molecular weight excluding hydrogens is 291 g/mol. The van der Waals surface area contributed by atoms with E-state index in [2.05, 4.69) is 70.2 Å². The van der Waals surface area contributed by atoms with Crippen molar-refractivity contribution in [1.82, 2.24) is 0 Å². The van der Waals surface area contributed by atoms with Crippen LogP contribution in [-0.4, -0.2) is 6.71 Å². The molecule has 0 amide bonds. The van der Waals surface area contributed by atoms with E-state index in [4.69, 9.17) is 0 Å². The van der Waals surface area contributed by atoms with E-state index in [1.54, 1.807) is 0 Å². The molecule has 0 nitrogen and oxygen atoms in total. The van der Waals surface area contributed by atoms with Crippen LogP contribution in [0.1, 0.15) is 27.7 Å². The molecule has 2 aliphatic heterocycles. The Bertz CT molecular complexity index is 652. The Morgan fingerprint density at radius 1 is 0.857 bits per heavy atom. The van der Waals surface area contributed by atoms with Gasteiger partial charge in [-0.15, -0.1) is 0 Å². The molecule has 0 aliphatic carbocycles. The number of allylic oxidation sites excluding steroid dienone is 8. The Morgan fingerprint density at radius 3 is 1.76 bits per heavy atom. The molecule has 0 N–H and O–H groups in total. The summed E-state index contributed by atoms with van der Waals surface area (Å²) < 4.78 is 0. The van der Waals surface area contributed by atoms with Crippen LogP contribution in [0.4, 0.5) is 0 Å². The lowest BCUT2D eigenvalue weighted by molar-refractivity contribution is 1.35. The summed E-state index contributed by atoms with van der Waals surface area (Å²) in [6.07, 6.45) is 8.91. The fourth-order valence-corrected chi connectivity index (χ4v) is 5.41. The maximum Gasteiger partial charge on any atom is 0.246 e. The van der Waals surface area contributed by atoms with Gasteiger partial charge in [0.25, 0.3) is 0 Å². The van der Waals surface area contributed by atoms with Crippen LogP contribution in [0.2, 0.25) is 0 Å². The Hall–Kier alpha value is -1.06. The molecule has 0 fully saturated rings. The zero-order chi connectivity index (χ0) is 15.0. The van der Waals surface area contributed by atoms with Gasteiger partial charge in [-0.05, 0) is 55.1 Å². The van der Waals surface area contributed by atoms with Gasteiger partial charge >= 0.3 is 0 Å². The van der Waals surface area contributed by atoms with Crippen LogP contribution in [0.15, 0.2) is 73.0 Å². The molecule has 0 bridgehead atoms. The van der Waals surface area contributed by atoms with Crippen molar-refractivity contribution in [3.8, 4) is 0 Å². The second-order valence-corrected chi connectivity index (χ2v) is 7.84. The second-order valence-electron chi connectivity index (χ2n) is 5.33. The SMILES string of the molecule is C/C=C\C1=C(C)Sc2cccc3c2B1C(/C=C\C)=C(C)S3. The van der Waals surface area contributed by atoms with Crippen molar-refractivity contribution >= 4 is 35.7 Å². The summed E-state index contributed by atoms with van der Waals surface area (Å²) in [6.45, 7) is 9.11. The maximum atomic E-state index is 2.29. The van der Waals surface area contributed by atoms with Crippen molar-refractivity contribution in [2.75, 3.05) is 0 Å². The van der Waals surface area contributed by atoms with Crippen molar-refractivity contribution in [1.29, 1.82) is 0 Å². The zero-order valence-corrected chi connectivity index (χ0v) is 14.6. The smallest absolute Gasteiger partial charge is 0.0959 e. The van der Waals surface area contributed by atoms with Gasteiger partial charge in [0.2, 0.25) is 6.71 Å². The molecule has 2 heterocycles. The molecule has 0 saturated heterocycles. The Balaban J connectivity index is 2.29. The molecule has 3 heteroatoms. The number of hydrogen-bond donors (Lipinski definition) is 0. The average Bonchev–Trinajstić information content (AvgIpc) is 2.46. The summed E-state index contributed by atoms with van der Waals surface area (Å²) in [5.41, 5.74) is 4.41. The molecule has 106 valence electrons. The number of hydrogen-bond acceptors (Lipinski definition) is 2. The minimum Gasteiger partial charge on any atom is -0.0959 e. The lowest BCUT2D eigenvalue weighted by atomic mass is 9.35. The first-order chi connectivity index (χ1) is 10.2. The normalized spacial score (nSPS) is 18.2. The lowest BCUT2D eigenvalue weighted by Gasteiger charge is -2.33. The molecule has 0 unspecified atom stereocenters. The van der Waals surface area contributed by atoms with Gasteiger partial charge in [0.05, 0.1) is 0 Å². The minimum absolute atomic E-state index is 0.395. The van der Waals surface area contributed by atoms with E-state index in [0.717, 1.165) is 0 Å². The zero-order valence-electron chi connectivity index (χ0n) is 12.9. The Kier molecular flexibility index (Phi) is 4.23. The maximum absolute atomic E-state index is 2.29. The summed E-state index contributed by atoms with van der Waals surface area (Å²) in [5, 5.41) is 0. The van der Waals surface area contributed by atoms with E-state index in [0.29, 0.717) is 6.71 Å². The molecule has 0 radical (unpaired) electrons. The molecule has 2 aliphatic rings. The van der Waals surface area contributed by atoms with Crippen molar-refractivity contribution in [2.45, 2.75) is 37.5 Å². The van der Waals surface area contributed by atoms with Crippen LogP contribution < -0.4 is 5.46 Å². The van der Waals surface area contributed by atoms with E-state index >= 15 is 0 Å². The van der Waals surface area contributed by atoms with E-state index in [1.807, 2.05) is 23.5 Å². The standard InChI is InChI=1S/C18H19BS2/c1-5-8-14-12(3)20-16-10-7-11-17-18(16)19(14)15(9-6-2)13(4)21-17/h5-11H,1-4H3/b8-5-,9-6-. The predicted molar refractivity (Wildman–Crippen MR) is 98.6 cm³/mol. The van der Waals surface area contributed by atoms with Crippen LogP contribution >= 0.6 is 23.5 Å². The van der Waals surface area contributed by atoms with Crippen molar-refractivity contribution < 1.29 is 0 Å². The fraction of sp³-hybridized carbons (Fsp3) is 0.222. The van der Waals surface area contributed by atoms with Gasteiger partial charge in [-0.2, -0.15) is 0 Å². The topological polar surface area (TPSA) is 0 Å². The van der Waals surface area contributed by atoms with Gasteiger partial charge in [0.15, 0.2) is 0 Å². The second kappa shape index (κ2) is 5.98. The Morgan fingerprint density at radius 2 is 1.33 bits per heavy atom. The van der Waals surface area contributed by atoms with E-state index < -0.39 is 0 Å². The third-order valence-corrected chi connectivity index (χ3v) is 6.20. The van der Waals surface area contributed by atoms with E-state index in [9.17, 15) is 0 Å².